The molecule has 0 spiro atoms. The zero-order valence-electron chi connectivity index (χ0n) is 10.8. The molecule has 2 rings (SSSR count). The predicted molar refractivity (Wildman–Crippen MR) is 76.5 cm³/mol. The molecular weight excluding hydrogens is 242 g/mol. The Morgan fingerprint density at radius 3 is 2.61 bits per heavy atom. The van der Waals surface area contributed by atoms with Gasteiger partial charge in [0, 0.05) is 30.7 Å². The van der Waals surface area contributed by atoms with Crippen molar-refractivity contribution in [3.8, 4) is 0 Å². The van der Waals surface area contributed by atoms with Crippen LogP contribution in [0.25, 0.3) is 0 Å². The van der Waals surface area contributed by atoms with E-state index in [9.17, 15) is 0 Å². The van der Waals surface area contributed by atoms with E-state index in [2.05, 4.69) is 24.0 Å². The Balaban J connectivity index is 2.12. The molecule has 2 N–H and O–H groups in total. The number of aryl methyl sites for hydroxylation is 1. The summed E-state index contributed by atoms with van der Waals surface area (Å²) in [4.78, 5) is 4.35. The minimum Gasteiger partial charge on any atom is -0.329 e. The van der Waals surface area contributed by atoms with Gasteiger partial charge in [-0.1, -0.05) is 49.0 Å². The number of imidazole rings is 1. The highest BCUT2D eigenvalue weighted by molar-refractivity contribution is 7.99. The van der Waals surface area contributed by atoms with E-state index in [0.29, 0.717) is 5.25 Å². The minimum absolute atomic E-state index is 0.0397. The van der Waals surface area contributed by atoms with Crippen molar-refractivity contribution in [1.82, 2.24) is 9.55 Å². The molecule has 96 valence electrons. The standard InChI is InChI=1S/C14H19N3S/c1-3-12(18-14-16-9-10-17(14)2)13(15)11-7-5-4-6-8-11/h4-10,12-13H,3,15H2,1-2H3. The summed E-state index contributed by atoms with van der Waals surface area (Å²) < 4.78 is 2.03. The number of hydrogen-bond donors (Lipinski definition) is 1. The molecule has 18 heavy (non-hydrogen) atoms. The van der Waals surface area contributed by atoms with Gasteiger partial charge in [0.25, 0.3) is 0 Å². The highest BCUT2D eigenvalue weighted by Crippen LogP contribution is 2.31. The average Bonchev–Trinajstić information content (AvgIpc) is 2.81. The molecule has 0 saturated heterocycles. The smallest absolute Gasteiger partial charge is 0.168 e. The first-order valence-electron chi connectivity index (χ1n) is 6.17. The molecule has 1 aromatic heterocycles. The summed E-state index contributed by atoms with van der Waals surface area (Å²) in [5, 5.41) is 1.36. The third kappa shape index (κ3) is 2.94. The normalized spacial score (nSPS) is 14.4. The molecule has 0 bridgehead atoms. The lowest BCUT2D eigenvalue weighted by atomic mass is 10.0. The van der Waals surface area contributed by atoms with Gasteiger partial charge in [0.2, 0.25) is 0 Å². The maximum absolute atomic E-state index is 6.36. The molecule has 2 aromatic rings. The molecule has 0 radical (unpaired) electrons. The molecular formula is C14H19N3S. The summed E-state index contributed by atoms with van der Waals surface area (Å²) in [6.07, 6.45) is 4.81. The van der Waals surface area contributed by atoms with Gasteiger partial charge >= 0.3 is 0 Å². The quantitative estimate of drug-likeness (QED) is 0.841. The van der Waals surface area contributed by atoms with Crippen LogP contribution in [0, 0.1) is 0 Å². The fourth-order valence-electron chi connectivity index (χ4n) is 1.90. The van der Waals surface area contributed by atoms with Gasteiger partial charge in [-0.05, 0) is 12.0 Å². The molecule has 0 saturated carbocycles. The van der Waals surface area contributed by atoms with E-state index < -0.39 is 0 Å². The fraction of sp³-hybridized carbons (Fsp3) is 0.357. The molecule has 1 heterocycles. The summed E-state index contributed by atoms with van der Waals surface area (Å²) in [6.45, 7) is 2.17. The number of hydrogen-bond acceptors (Lipinski definition) is 3. The van der Waals surface area contributed by atoms with Crippen molar-refractivity contribution in [2.75, 3.05) is 0 Å². The van der Waals surface area contributed by atoms with E-state index in [4.69, 9.17) is 5.73 Å². The minimum atomic E-state index is 0.0397. The zero-order valence-corrected chi connectivity index (χ0v) is 11.6. The second-order valence-corrected chi connectivity index (χ2v) is 5.53. The van der Waals surface area contributed by atoms with Crippen molar-refractivity contribution < 1.29 is 0 Å². The molecule has 4 heteroatoms. The molecule has 0 aliphatic carbocycles. The first-order chi connectivity index (χ1) is 8.72. The van der Waals surface area contributed by atoms with Crippen LogP contribution in [-0.4, -0.2) is 14.8 Å². The molecule has 2 atom stereocenters. The lowest BCUT2D eigenvalue weighted by Crippen LogP contribution is -2.23. The average molecular weight is 261 g/mol. The van der Waals surface area contributed by atoms with E-state index in [1.165, 1.54) is 5.56 Å². The van der Waals surface area contributed by atoms with Crippen LogP contribution >= 0.6 is 11.8 Å². The van der Waals surface area contributed by atoms with Crippen LogP contribution < -0.4 is 5.73 Å². The topological polar surface area (TPSA) is 43.8 Å². The Labute approximate surface area is 112 Å². The first kappa shape index (κ1) is 13.2. The number of nitrogens with zero attached hydrogens (tertiary/aromatic N) is 2. The van der Waals surface area contributed by atoms with E-state index >= 15 is 0 Å². The molecule has 3 nitrogen and oxygen atoms in total. The molecule has 0 fully saturated rings. The van der Waals surface area contributed by atoms with E-state index in [1.54, 1.807) is 11.8 Å². The highest BCUT2D eigenvalue weighted by atomic mass is 32.2. The van der Waals surface area contributed by atoms with E-state index in [1.807, 2.05) is 42.2 Å². The van der Waals surface area contributed by atoms with Gasteiger partial charge < -0.3 is 10.3 Å². The largest absolute Gasteiger partial charge is 0.329 e. The first-order valence-corrected chi connectivity index (χ1v) is 7.05. The maximum Gasteiger partial charge on any atom is 0.168 e. The van der Waals surface area contributed by atoms with E-state index in [0.717, 1.165) is 11.6 Å². The summed E-state index contributed by atoms with van der Waals surface area (Å²) in [5.74, 6) is 0. The van der Waals surface area contributed by atoms with Crippen molar-refractivity contribution >= 4 is 11.8 Å². The molecule has 0 aliphatic rings. The van der Waals surface area contributed by atoms with Crippen molar-refractivity contribution in [3.05, 3.63) is 48.3 Å². The van der Waals surface area contributed by atoms with Crippen molar-refractivity contribution in [2.24, 2.45) is 12.8 Å². The van der Waals surface area contributed by atoms with Crippen molar-refractivity contribution in [3.63, 3.8) is 0 Å². The van der Waals surface area contributed by atoms with Gasteiger partial charge in [0.1, 0.15) is 0 Å². The monoisotopic (exact) mass is 261 g/mol. The van der Waals surface area contributed by atoms with Crippen LogP contribution in [0.4, 0.5) is 0 Å². The number of nitrogens with two attached hydrogens (primary N) is 1. The second-order valence-electron chi connectivity index (χ2n) is 4.32. The summed E-state index contributed by atoms with van der Waals surface area (Å²) in [6, 6.07) is 10.3. The van der Waals surface area contributed by atoms with Crippen LogP contribution in [0.15, 0.2) is 47.9 Å². The van der Waals surface area contributed by atoms with Gasteiger partial charge in [0.05, 0.1) is 0 Å². The van der Waals surface area contributed by atoms with Crippen LogP contribution in [0.3, 0.4) is 0 Å². The van der Waals surface area contributed by atoms with Crippen LogP contribution in [-0.2, 0) is 7.05 Å². The molecule has 0 amide bonds. The summed E-state index contributed by atoms with van der Waals surface area (Å²) in [7, 11) is 2.01. The Bertz CT molecular complexity index is 481. The molecule has 2 unspecified atom stereocenters. The van der Waals surface area contributed by atoms with Crippen LogP contribution in [0.5, 0.6) is 0 Å². The number of thioether (sulfide) groups is 1. The Morgan fingerprint density at radius 2 is 2.06 bits per heavy atom. The van der Waals surface area contributed by atoms with Gasteiger partial charge in [-0.2, -0.15) is 0 Å². The fourth-order valence-corrected chi connectivity index (χ4v) is 2.99. The van der Waals surface area contributed by atoms with Gasteiger partial charge in [-0.15, -0.1) is 0 Å². The third-order valence-corrected chi connectivity index (χ3v) is 4.55. The zero-order chi connectivity index (χ0) is 13.0. The molecule has 0 aliphatic heterocycles. The summed E-state index contributed by atoms with van der Waals surface area (Å²) >= 11 is 1.75. The Hall–Kier alpha value is -1.26. The molecule has 1 aromatic carbocycles. The van der Waals surface area contributed by atoms with Gasteiger partial charge in [-0.3, -0.25) is 0 Å². The van der Waals surface area contributed by atoms with Crippen LogP contribution in [0.1, 0.15) is 24.9 Å². The van der Waals surface area contributed by atoms with Crippen molar-refractivity contribution in [2.45, 2.75) is 29.8 Å². The summed E-state index contributed by atoms with van der Waals surface area (Å²) in [5.41, 5.74) is 7.54. The predicted octanol–water partition coefficient (Wildman–Crippen LogP) is 2.99. The van der Waals surface area contributed by atoms with Gasteiger partial charge in [0.15, 0.2) is 5.16 Å². The van der Waals surface area contributed by atoms with E-state index in [-0.39, 0.29) is 6.04 Å². The maximum atomic E-state index is 6.36. The Morgan fingerprint density at radius 1 is 1.33 bits per heavy atom. The lowest BCUT2D eigenvalue weighted by molar-refractivity contribution is 0.650. The number of rotatable bonds is 5. The number of aromatic nitrogens is 2. The third-order valence-electron chi connectivity index (χ3n) is 3.02. The van der Waals surface area contributed by atoms with Crippen molar-refractivity contribution in [1.29, 1.82) is 0 Å². The van der Waals surface area contributed by atoms with Gasteiger partial charge in [-0.25, -0.2) is 4.98 Å². The SMILES string of the molecule is CCC(Sc1nccn1C)C(N)c1ccccc1. The number of benzene rings is 1. The highest BCUT2D eigenvalue weighted by Gasteiger charge is 2.20. The Kier molecular flexibility index (Phi) is 4.44. The van der Waals surface area contributed by atoms with Crippen LogP contribution in [0.2, 0.25) is 0 Å². The lowest BCUT2D eigenvalue weighted by Gasteiger charge is -2.22. The second kappa shape index (κ2) is 6.07.